The lowest BCUT2D eigenvalue weighted by atomic mass is 10.0. The largest absolute Gasteiger partial charge is 0.333 e. The van der Waals surface area contributed by atoms with Crippen molar-refractivity contribution < 1.29 is 4.79 Å². The first-order valence-corrected chi connectivity index (χ1v) is 11.1. The van der Waals surface area contributed by atoms with Crippen LogP contribution >= 0.6 is 11.3 Å². The maximum Gasteiger partial charge on any atom is 0.229 e. The van der Waals surface area contributed by atoms with Crippen molar-refractivity contribution in [3.63, 3.8) is 0 Å². The zero-order valence-electron chi connectivity index (χ0n) is 16.9. The highest BCUT2D eigenvalue weighted by Crippen LogP contribution is 2.27. The number of benzene rings is 2. The van der Waals surface area contributed by atoms with E-state index in [0.29, 0.717) is 6.42 Å². The Bertz CT molecular complexity index is 1150. The second kappa shape index (κ2) is 8.05. The Kier molecular flexibility index (Phi) is 5.11. The first kappa shape index (κ1) is 19.0. The van der Waals surface area contributed by atoms with Crippen molar-refractivity contribution >= 4 is 22.2 Å². The standard InChI is InChI=1S/C24H24N4OS/c1-26-12-13-27(22(16-26)19-10-6-3-7-11-19)23(29)14-20-17-30-24-25-21(15-28(20)24)18-8-4-2-5-9-18/h2-11,15,17,22H,12-14,16H2,1H3. The molecule has 5 nitrogen and oxygen atoms in total. The molecule has 6 heteroatoms. The van der Waals surface area contributed by atoms with E-state index in [2.05, 4.69) is 46.0 Å². The van der Waals surface area contributed by atoms with E-state index in [1.807, 2.05) is 47.5 Å². The highest BCUT2D eigenvalue weighted by atomic mass is 32.1. The number of carbonyl (C=O) groups is 1. The molecule has 2 aromatic heterocycles. The van der Waals surface area contributed by atoms with Gasteiger partial charge in [-0.15, -0.1) is 11.3 Å². The Hall–Kier alpha value is -2.96. The van der Waals surface area contributed by atoms with Crippen LogP contribution in [0.2, 0.25) is 0 Å². The average Bonchev–Trinajstić information content (AvgIpc) is 3.37. The number of thiazole rings is 1. The minimum absolute atomic E-state index is 0.0919. The van der Waals surface area contributed by atoms with Crippen LogP contribution in [0.15, 0.2) is 72.2 Å². The smallest absolute Gasteiger partial charge is 0.229 e. The minimum atomic E-state index is 0.0919. The van der Waals surface area contributed by atoms with E-state index in [0.717, 1.165) is 41.5 Å². The quantitative estimate of drug-likeness (QED) is 0.502. The molecular weight excluding hydrogens is 392 g/mol. The molecule has 1 aliphatic rings. The maximum absolute atomic E-state index is 13.4. The number of hydrogen-bond acceptors (Lipinski definition) is 4. The summed E-state index contributed by atoms with van der Waals surface area (Å²) in [7, 11) is 2.12. The molecule has 152 valence electrons. The Balaban J connectivity index is 1.40. The van der Waals surface area contributed by atoms with Crippen LogP contribution in [-0.2, 0) is 11.2 Å². The van der Waals surface area contributed by atoms with Gasteiger partial charge in [0.1, 0.15) is 0 Å². The van der Waals surface area contributed by atoms with Gasteiger partial charge in [-0.2, -0.15) is 0 Å². The maximum atomic E-state index is 13.4. The van der Waals surface area contributed by atoms with Crippen LogP contribution in [-0.4, -0.2) is 51.8 Å². The first-order valence-electron chi connectivity index (χ1n) is 10.2. The van der Waals surface area contributed by atoms with E-state index >= 15 is 0 Å². The number of aromatic nitrogens is 2. The topological polar surface area (TPSA) is 40.8 Å². The van der Waals surface area contributed by atoms with Gasteiger partial charge < -0.3 is 9.80 Å². The summed E-state index contributed by atoms with van der Waals surface area (Å²) in [5.74, 6) is 0.173. The monoisotopic (exact) mass is 416 g/mol. The van der Waals surface area contributed by atoms with Crippen LogP contribution in [0.25, 0.3) is 16.2 Å². The van der Waals surface area contributed by atoms with Crippen molar-refractivity contribution in [1.29, 1.82) is 0 Å². The van der Waals surface area contributed by atoms with Crippen molar-refractivity contribution in [1.82, 2.24) is 19.2 Å². The fourth-order valence-corrected chi connectivity index (χ4v) is 5.01. The Labute approximate surface area is 180 Å². The van der Waals surface area contributed by atoms with Gasteiger partial charge in [0.2, 0.25) is 5.91 Å². The molecule has 30 heavy (non-hydrogen) atoms. The molecule has 0 aliphatic carbocycles. The second-order valence-corrected chi connectivity index (χ2v) is 8.66. The van der Waals surface area contributed by atoms with Gasteiger partial charge in [-0.3, -0.25) is 9.20 Å². The van der Waals surface area contributed by atoms with Crippen LogP contribution in [0.4, 0.5) is 0 Å². The molecule has 1 atom stereocenters. The molecule has 2 aromatic carbocycles. The van der Waals surface area contributed by atoms with E-state index in [9.17, 15) is 4.79 Å². The summed E-state index contributed by atoms with van der Waals surface area (Å²) in [5.41, 5.74) is 4.23. The third kappa shape index (κ3) is 3.64. The Morgan fingerprint density at radius 3 is 2.57 bits per heavy atom. The van der Waals surface area contributed by atoms with Gasteiger partial charge >= 0.3 is 0 Å². The molecule has 0 saturated carbocycles. The SMILES string of the molecule is CN1CCN(C(=O)Cc2csc3nc(-c4ccccc4)cn23)C(c2ccccc2)C1. The first-order chi connectivity index (χ1) is 14.7. The molecule has 4 aromatic rings. The summed E-state index contributed by atoms with van der Waals surface area (Å²) in [6, 6.07) is 20.6. The van der Waals surface area contributed by atoms with Crippen LogP contribution in [0.1, 0.15) is 17.3 Å². The van der Waals surface area contributed by atoms with Gasteiger partial charge in [0.25, 0.3) is 0 Å². The fourth-order valence-electron chi connectivity index (χ4n) is 4.14. The summed E-state index contributed by atoms with van der Waals surface area (Å²) >= 11 is 1.59. The van der Waals surface area contributed by atoms with Crippen molar-refractivity contribution in [2.24, 2.45) is 0 Å². The average molecular weight is 417 g/mol. The third-order valence-corrected chi connectivity index (χ3v) is 6.66. The lowest BCUT2D eigenvalue weighted by molar-refractivity contribution is -0.135. The number of carbonyl (C=O) groups excluding carboxylic acids is 1. The van der Waals surface area contributed by atoms with E-state index in [4.69, 9.17) is 4.98 Å². The number of nitrogens with zero attached hydrogens (tertiary/aromatic N) is 4. The zero-order valence-corrected chi connectivity index (χ0v) is 17.8. The predicted molar refractivity (Wildman–Crippen MR) is 121 cm³/mol. The number of amides is 1. The van der Waals surface area contributed by atoms with Gasteiger partial charge in [-0.25, -0.2) is 4.98 Å². The van der Waals surface area contributed by atoms with Gasteiger partial charge in [0, 0.05) is 42.5 Å². The summed E-state index contributed by atoms with van der Waals surface area (Å²) in [4.78, 5) is 23.4. The van der Waals surface area contributed by atoms with E-state index in [1.54, 1.807) is 11.3 Å². The molecule has 1 unspecified atom stereocenters. The zero-order chi connectivity index (χ0) is 20.5. The highest BCUT2D eigenvalue weighted by Gasteiger charge is 2.30. The third-order valence-electron chi connectivity index (χ3n) is 5.77. The molecule has 0 N–H and O–H groups in total. The molecule has 3 heterocycles. The second-order valence-electron chi connectivity index (χ2n) is 7.82. The van der Waals surface area contributed by atoms with Crippen molar-refractivity contribution in [3.8, 4) is 11.3 Å². The van der Waals surface area contributed by atoms with E-state index < -0.39 is 0 Å². The number of imidazole rings is 1. The summed E-state index contributed by atoms with van der Waals surface area (Å²) in [5, 5.41) is 2.06. The van der Waals surface area contributed by atoms with Gasteiger partial charge in [-0.1, -0.05) is 60.7 Å². The van der Waals surface area contributed by atoms with Crippen LogP contribution in [0.3, 0.4) is 0 Å². The van der Waals surface area contributed by atoms with Gasteiger partial charge in [-0.05, 0) is 12.6 Å². The minimum Gasteiger partial charge on any atom is -0.333 e. The van der Waals surface area contributed by atoms with Crippen molar-refractivity contribution in [2.75, 3.05) is 26.7 Å². The Morgan fingerprint density at radius 1 is 1.07 bits per heavy atom. The highest BCUT2D eigenvalue weighted by molar-refractivity contribution is 7.15. The summed E-state index contributed by atoms with van der Waals surface area (Å²) in [6.07, 6.45) is 2.43. The number of piperazine rings is 1. The normalized spacial score (nSPS) is 17.5. The van der Waals surface area contributed by atoms with Crippen LogP contribution < -0.4 is 0 Å². The predicted octanol–water partition coefficient (Wildman–Crippen LogP) is 4.12. The molecule has 1 saturated heterocycles. The number of rotatable bonds is 4. The van der Waals surface area contributed by atoms with Gasteiger partial charge in [0.15, 0.2) is 4.96 Å². The summed E-state index contributed by atoms with van der Waals surface area (Å²) < 4.78 is 2.07. The van der Waals surface area contributed by atoms with Crippen LogP contribution in [0, 0.1) is 0 Å². The van der Waals surface area contributed by atoms with Crippen LogP contribution in [0.5, 0.6) is 0 Å². The number of likely N-dealkylation sites (N-methyl/N-ethyl adjacent to an activating group) is 1. The molecule has 0 spiro atoms. The number of hydrogen-bond donors (Lipinski definition) is 0. The summed E-state index contributed by atoms with van der Waals surface area (Å²) in [6.45, 7) is 2.51. The fraction of sp³-hybridized carbons (Fsp3) is 0.250. The molecule has 0 bridgehead atoms. The molecule has 0 radical (unpaired) electrons. The molecule has 1 aliphatic heterocycles. The van der Waals surface area contributed by atoms with Gasteiger partial charge in [0.05, 0.1) is 18.2 Å². The van der Waals surface area contributed by atoms with Crippen molar-refractivity contribution in [3.05, 3.63) is 83.5 Å². The molecule has 1 amide bonds. The number of fused-ring (bicyclic) bond motifs is 1. The lowest BCUT2D eigenvalue weighted by Gasteiger charge is -2.40. The lowest BCUT2D eigenvalue weighted by Crippen LogP contribution is -2.49. The van der Waals surface area contributed by atoms with E-state index in [1.165, 1.54) is 5.56 Å². The molecule has 5 rings (SSSR count). The van der Waals surface area contributed by atoms with E-state index in [-0.39, 0.29) is 11.9 Å². The molecular formula is C24H24N4OS. The molecule has 1 fully saturated rings. The Morgan fingerprint density at radius 2 is 1.80 bits per heavy atom. The van der Waals surface area contributed by atoms with Crippen molar-refractivity contribution in [2.45, 2.75) is 12.5 Å².